The molecule has 0 unspecified atom stereocenters. The molecule has 0 aliphatic rings. The third-order valence-electron chi connectivity index (χ3n) is 4.61. The van der Waals surface area contributed by atoms with Gasteiger partial charge in [0.15, 0.2) is 6.61 Å². The Morgan fingerprint density at radius 3 is 2.34 bits per heavy atom. The van der Waals surface area contributed by atoms with Gasteiger partial charge in [0.25, 0.3) is 5.91 Å². The quantitative estimate of drug-likeness (QED) is 0.428. The number of hydrogen-bond acceptors (Lipinski definition) is 5. The molecular formula is C23H23NO4S. The van der Waals surface area contributed by atoms with Crippen LogP contribution in [0.25, 0.3) is 10.8 Å². The average molecular weight is 410 g/mol. The van der Waals surface area contributed by atoms with Crippen molar-refractivity contribution in [2.45, 2.75) is 11.4 Å². The van der Waals surface area contributed by atoms with Crippen molar-refractivity contribution in [3.05, 3.63) is 71.8 Å². The highest BCUT2D eigenvalue weighted by atomic mass is 32.2. The molecule has 3 aromatic carbocycles. The van der Waals surface area contributed by atoms with E-state index in [0.717, 1.165) is 27.0 Å². The highest BCUT2D eigenvalue weighted by Crippen LogP contribution is 2.22. The molecule has 0 atom stereocenters. The van der Waals surface area contributed by atoms with Gasteiger partial charge in [-0.1, -0.05) is 18.2 Å². The van der Waals surface area contributed by atoms with E-state index < -0.39 is 5.97 Å². The van der Waals surface area contributed by atoms with Crippen LogP contribution in [0.2, 0.25) is 0 Å². The lowest BCUT2D eigenvalue weighted by Gasteiger charge is -2.17. The third-order valence-corrected chi connectivity index (χ3v) is 5.35. The van der Waals surface area contributed by atoms with Crippen LogP contribution in [-0.2, 0) is 16.1 Å². The SMILES string of the molecule is COc1ccc2cc(CN(C)C(=O)COC(=O)c3ccc(SC)cc3)ccc2c1. The Balaban J connectivity index is 1.57. The minimum atomic E-state index is -0.501. The maximum Gasteiger partial charge on any atom is 0.338 e. The molecule has 6 heteroatoms. The summed E-state index contributed by atoms with van der Waals surface area (Å²) in [4.78, 5) is 27.1. The van der Waals surface area contributed by atoms with Crippen molar-refractivity contribution < 1.29 is 19.1 Å². The van der Waals surface area contributed by atoms with Gasteiger partial charge in [0.1, 0.15) is 5.75 Å². The van der Waals surface area contributed by atoms with Gasteiger partial charge in [0.2, 0.25) is 0 Å². The van der Waals surface area contributed by atoms with Crippen LogP contribution in [0.15, 0.2) is 65.6 Å². The van der Waals surface area contributed by atoms with Crippen LogP contribution in [0, 0.1) is 0 Å². The Morgan fingerprint density at radius 2 is 1.66 bits per heavy atom. The van der Waals surface area contributed by atoms with Crippen LogP contribution in [0.4, 0.5) is 0 Å². The second kappa shape index (κ2) is 9.47. The zero-order chi connectivity index (χ0) is 20.8. The molecule has 0 spiro atoms. The zero-order valence-corrected chi connectivity index (χ0v) is 17.5. The minimum Gasteiger partial charge on any atom is -0.497 e. The topological polar surface area (TPSA) is 55.8 Å². The number of carbonyl (C=O) groups is 2. The number of esters is 1. The van der Waals surface area contributed by atoms with E-state index in [1.165, 1.54) is 0 Å². The summed E-state index contributed by atoms with van der Waals surface area (Å²) in [6.45, 7) is 0.144. The Kier molecular flexibility index (Phi) is 6.77. The first-order chi connectivity index (χ1) is 14.0. The van der Waals surface area contributed by atoms with E-state index in [1.807, 2.05) is 54.8 Å². The maximum absolute atomic E-state index is 12.4. The van der Waals surface area contributed by atoms with Gasteiger partial charge >= 0.3 is 5.97 Å². The van der Waals surface area contributed by atoms with Crippen molar-refractivity contribution in [1.29, 1.82) is 0 Å². The molecule has 5 nitrogen and oxygen atoms in total. The van der Waals surface area contributed by atoms with Crippen LogP contribution in [0.3, 0.4) is 0 Å². The summed E-state index contributed by atoms with van der Waals surface area (Å²) in [6.07, 6.45) is 1.97. The first-order valence-corrected chi connectivity index (χ1v) is 10.3. The summed E-state index contributed by atoms with van der Waals surface area (Å²) in [5.74, 6) is 0.0513. The number of hydrogen-bond donors (Lipinski definition) is 0. The van der Waals surface area contributed by atoms with Crippen molar-refractivity contribution in [1.82, 2.24) is 4.90 Å². The Morgan fingerprint density at radius 1 is 0.966 bits per heavy atom. The van der Waals surface area contributed by atoms with Gasteiger partial charge in [0, 0.05) is 18.5 Å². The molecule has 0 radical (unpaired) electrons. The normalized spacial score (nSPS) is 10.6. The van der Waals surface area contributed by atoms with Crippen molar-refractivity contribution >= 4 is 34.4 Å². The number of thioether (sulfide) groups is 1. The molecule has 3 rings (SSSR count). The number of nitrogens with zero attached hydrogens (tertiary/aromatic N) is 1. The van der Waals surface area contributed by atoms with Gasteiger partial charge in [-0.2, -0.15) is 0 Å². The summed E-state index contributed by atoms with van der Waals surface area (Å²) >= 11 is 1.60. The number of ether oxygens (including phenoxy) is 2. The molecule has 3 aromatic rings. The fourth-order valence-electron chi connectivity index (χ4n) is 2.91. The average Bonchev–Trinajstić information content (AvgIpc) is 2.76. The molecule has 0 aliphatic heterocycles. The number of benzene rings is 3. The summed E-state index contributed by atoms with van der Waals surface area (Å²) < 4.78 is 10.4. The van der Waals surface area contributed by atoms with Gasteiger partial charge < -0.3 is 14.4 Å². The van der Waals surface area contributed by atoms with Crippen LogP contribution in [0.1, 0.15) is 15.9 Å². The lowest BCUT2D eigenvalue weighted by atomic mass is 10.1. The third kappa shape index (κ3) is 5.29. The minimum absolute atomic E-state index is 0.256. The van der Waals surface area contributed by atoms with Crippen molar-refractivity contribution in [3.8, 4) is 5.75 Å². The highest BCUT2D eigenvalue weighted by Gasteiger charge is 2.14. The molecule has 0 N–H and O–H groups in total. The van der Waals surface area contributed by atoms with E-state index in [4.69, 9.17) is 9.47 Å². The second-order valence-electron chi connectivity index (χ2n) is 6.60. The van der Waals surface area contributed by atoms with Gasteiger partial charge in [-0.25, -0.2) is 4.79 Å². The number of methoxy groups -OCH3 is 1. The molecule has 0 aromatic heterocycles. The lowest BCUT2D eigenvalue weighted by molar-refractivity contribution is -0.133. The van der Waals surface area contributed by atoms with Crippen molar-refractivity contribution in [2.75, 3.05) is 27.0 Å². The van der Waals surface area contributed by atoms with Gasteiger partial charge in [-0.15, -0.1) is 11.8 Å². The van der Waals surface area contributed by atoms with Crippen LogP contribution in [-0.4, -0.2) is 43.8 Å². The number of fused-ring (bicyclic) bond motifs is 1. The van der Waals surface area contributed by atoms with E-state index in [9.17, 15) is 9.59 Å². The predicted octanol–water partition coefficient (Wildman–Crippen LogP) is 4.39. The number of rotatable bonds is 7. The van der Waals surface area contributed by atoms with Crippen molar-refractivity contribution in [3.63, 3.8) is 0 Å². The van der Waals surface area contributed by atoms with Crippen molar-refractivity contribution in [2.24, 2.45) is 0 Å². The van der Waals surface area contributed by atoms with Gasteiger partial charge in [-0.05, 0) is 65.1 Å². The fourth-order valence-corrected chi connectivity index (χ4v) is 3.32. The number of carbonyl (C=O) groups excluding carboxylic acids is 2. The van der Waals surface area contributed by atoms with Gasteiger partial charge in [-0.3, -0.25) is 4.79 Å². The Hall–Kier alpha value is -2.99. The molecular weight excluding hydrogens is 386 g/mol. The largest absolute Gasteiger partial charge is 0.497 e. The summed E-state index contributed by atoms with van der Waals surface area (Å²) in [7, 11) is 3.34. The summed E-state index contributed by atoms with van der Waals surface area (Å²) in [5.41, 5.74) is 1.43. The smallest absolute Gasteiger partial charge is 0.338 e. The van der Waals surface area contributed by atoms with E-state index >= 15 is 0 Å². The summed E-state index contributed by atoms with van der Waals surface area (Å²) in [6, 6.07) is 19.0. The molecule has 0 fully saturated rings. The van der Waals surface area contributed by atoms with Crippen LogP contribution < -0.4 is 4.74 Å². The first kappa shape index (κ1) is 20.7. The van der Waals surface area contributed by atoms with E-state index in [0.29, 0.717) is 12.1 Å². The maximum atomic E-state index is 12.4. The second-order valence-corrected chi connectivity index (χ2v) is 7.48. The zero-order valence-electron chi connectivity index (χ0n) is 16.7. The van der Waals surface area contributed by atoms with Crippen LogP contribution in [0.5, 0.6) is 5.75 Å². The Labute approximate surface area is 174 Å². The molecule has 0 saturated heterocycles. The van der Waals surface area contributed by atoms with E-state index in [2.05, 4.69) is 0 Å². The molecule has 29 heavy (non-hydrogen) atoms. The van der Waals surface area contributed by atoms with E-state index in [1.54, 1.807) is 43.0 Å². The molecule has 0 heterocycles. The number of likely N-dealkylation sites (N-methyl/N-ethyl adjacent to an activating group) is 1. The molecule has 0 aliphatic carbocycles. The first-order valence-electron chi connectivity index (χ1n) is 9.12. The molecule has 0 bridgehead atoms. The molecule has 0 saturated carbocycles. The lowest BCUT2D eigenvalue weighted by Crippen LogP contribution is -2.30. The highest BCUT2D eigenvalue weighted by molar-refractivity contribution is 7.98. The molecule has 1 amide bonds. The number of amides is 1. The molecule has 150 valence electrons. The monoisotopic (exact) mass is 409 g/mol. The Bertz CT molecular complexity index is 1020. The fraction of sp³-hybridized carbons (Fsp3) is 0.217. The van der Waals surface area contributed by atoms with Crippen LogP contribution >= 0.6 is 11.8 Å². The van der Waals surface area contributed by atoms with Gasteiger partial charge in [0.05, 0.1) is 12.7 Å². The van der Waals surface area contributed by atoms with E-state index in [-0.39, 0.29) is 12.5 Å². The summed E-state index contributed by atoms with van der Waals surface area (Å²) in [5, 5.41) is 2.15. The standard InChI is InChI=1S/C23H23NO4S/c1-24(14-16-4-5-19-13-20(27-2)9-6-18(19)12-16)22(25)15-28-23(26)17-7-10-21(29-3)11-8-17/h4-13H,14-15H2,1-3H3. The predicted molar refractivity (Wildman–Crippen MR) is 115 cm³/mol.